The van der Waals surface area contributed by atoms with Crippen molar-refractivity contribution in [1.29, 1.82) is 0 Å². The summed E-state index contributed by atoms with van der Waals surface area (Å²) in [7, 11) is 0. The molecule has 0 bridgehead atoms. The predicted molar refractivity (Wildman–Crippen MR) is 51.4 cm³/mol. The molecule has 0 atom stereocenters. The minimum Gasteiger partial charge on any atom is -0.395 e. The summed E-state index contributed by atoms with van der Waals surface area (Å²) in [6.45, 7) is 2.45. The van der Waals surface area contributed by atoms with Crippen molar-refractivity contribution in [2.24, 2.45) is 0 Å². The summed E-state index contributed by atoms with van der Waals surface area (Å²) in [5, 5.41) is 7.45. The molecular weight excluding hydrogens is 178 g/mol. The van der Waals surface area contributed by atoms with E-state index in [-0.39, 0.29) is 0 Å². The maximum Gasteiger partial charge on any atom is 0.147 e. The summed E-state index contributed by atoms with van der Waals surface area (Å²) in [5.74, 6) is 0. The summed E-state index contributed by atoms with van der Waals surface area (Å²) >= 11 is 0. The molecule has 4 heteroatoms. The second-order valence-corrected chi connectivity index (χ2v) is 2.71. The summed E-state index contributed by atoms with van der Waals surface area (Å²) in [6.07, 6.45) is 2.78. The van der Waals surface area contributed by atoms with Crippen molar-refractivity contribution in [3.8, 4) is 11.3 Å². The topological polar surface area (TPSA) is 39.9 Å². The van der Waals surface area contributed by atoms with Crippen molar-refractivity contribution in [2.45, 2.75) is 6.92 Å². The smallest absolute Gasteiger partial charge is 0.147 e. The standard InChI is InChI=1S/C10H10N3O/c1-2-14-13-10(8-11-12-13)9-6-4-3-5-7-9/h3-7H,2H2,1H3. The fraction of sp³-hybridized carbons (Fsp3) is 0.200. The number of benzene rings is 1. The van der Waals surface area contributed by atoms with Gasteiger partial charge in [-0.15, -0.1) is 5.10 Å². The molecule has 0 saturated carbocycles. The van der Waals surface area contributed by atoms with Crippen LogP contribution < -0.4 is 4.84 Å². The third-order valence-corrected chi connectivity index (χ3v) is 1.77. The van der Waals surface area contributed by atoms with Gasteiger partial charge in [0.25, 0.3) is 0 Å². The minimum atomic E-state index is 0.553. The maximum absolute atomic E-state index is 5.24. The van der Waals surface area contributed by atoms with Gasteiger partial charge in [0, 0.05) is 5.56 Å². The van der Waals surface area contributed by atoms with Gasteiger partial charge in [0.1, 0.15) is 18.5 Å². The van der Waals surface area contributed by atoms with Gasteiger partial charge in [0.05, 0.1) is 0 Å². The first-order valence-electron chi connectivity index (χ1n) is 4.44. The van der Waals surface area contributed by atoms with Crippen LogP contribution in [-0.2, 0) is 0 Å². The van der Waals surface area contributed by atoms with E-state index < -0.39 is 0 Å². The average molecular weight is 188 g/mol. The van der Waals surface area contributed by atoms with Crippen LogP contribution in [0.4, 0.5) is 0 Å². The second-order valence-electron chi connectivity index (χ2n) is 2.71. The molecule has 71 valence electrons. The van der Waals surface area contributed by atoms with Crippen LogP contribution in [0.3, 0.4) is 0 Å². The highest BCUT2D eigenvalue weighted by molar-refractivity contribution is 5.56. The molecule has 0 unspecified atom stereocenters. The van der Waals surface area contributed by atoms with Gasteiger partial charge >= 0.3 is 0 Å². The lowest BCUT2D eigenvalue weighted by molar-refractivity contribution is 0.0921. The fourth-order valence-electron chi connectivity index (χ4n) is 1.18. The normalized spacial score (nSPS) is 10.1. The highest BCUT2D eigenvalue weighted by Gasteiger charge is 2.06. The number of hydrogen-bond donors (Lipinski definition) is 0. The Kier molecular flexibility index (Phi) is 2.44. The van der Waals surface area contributed by atoms with E-state index in [4.69, 9.17) is 4.84 Å². The van der Waals surface area contributed by atoms with Gasteiger partial charge in [-0.3, -0.25) is 0 Å². The molecule has 2 rings (SSSR count). The van der Waals surface area contributed by atoms with Crippen molar-refractivity contribution < 1.29 is 4.84 Å². The first kappa shape index (κ1) is 8.74. The quantitative estimate of drug-likeness (QED) is 0.726. The Balaban J connectivity index is 2.37. The van der Waals surface area contributed by atoms with Crippen LogP contribution in [-0.4, -0.2) is 21.8 Å². The average Bonchev–Trinajstić information content (AvgIpc) is 2.68. The summed E-state index contributed by atoms with van der Waals surface area (Å²) < 4.78 is 0. The number of rotatable bonds is 3. The van der Waals surface area contributed by atoms with Crippen LogP contribution in [0.15, 0.2) is 30.3 Å². The number of hydrogen-bond acceptors (Lipinski definition) is 3. The zero-order valence-corrected chi connectivity index (χ0v) is 7.84. The summed E-state index contributed by atoms with van der Waals surface area (Å²) in [5.41, 5.74) is 1.73. The lowest BCUT2D eigenvalue weighted by Crippen LogP contribution is -2.13. The molecule has 1 aromatic heterocycles. The first-order valence-corrected chi connectivity index (χ1v) is 4.44. The third-order valence-electron chi connectivity index (χ3n) is 1.77. The Morgan fingerprint density at radius 1 is 1.36 bits per heavy atom. The van der Waals surface area contributed by atoms with E-state index in [0.717, 1.165) is 11.3 Å². The van der Waals surface area contributed by atoms with Crippen molar-refractivity contribution in [3.63, 3.8) is 0 Å². The Morgan fingerprint density at radius 2 is 2.14 bits per heavy atom. The van der Waals surface area contributed by atoms with E-state index in [2.05, 4.69) is 16.5 Å². The molecule has 0 amide bonds. The number of aromatic nitrogens is 3. The molecule has 14 heavy (non-hydrogen) atoms. The predicted octanol–water partition coefficient (Wildman–Crippen LogP) is 1.19. The summed E-state index contributed by atoms with van der Waals surface area (Å²) in [6, 6.07) is 9.78. The first-order chi connectivity index (χ1) is 6.92. The van der Waals surface area contributed by atoms with E-state index in [1.807, 2.05) is 37.3 Å². The van der Waals surface area contributed by atoms with Gasteiger partial charge in [-0.25, -0.2) is 0 Å². The van der Waals surface area contributed by atoms with Gasteiger partial charge in [-0.2, -0.15) is 0 Å². The monoisotopic (exact) mass is 188 g/mol. The van der Waals surface area contributed by atoms with Crippen LogP contribution in [0.2, 0.25) is 0 Å². The molecule has 0 fully saturated rings. The van der Waals surface area contributed by atoms with E-state index in [1.165, 1.54) is 4.85 Å². The molecule has 1 aromatic carbocycles. The SMILES string of the molecule is CCOn1nn[c]c1-c1ccccc1. The van der Waals surface area contributed by atoms with E-state index in [0.29, 0.717) is 6.61 Å². The Morgan fingerprint density at radius 3 is 2.86 bits per heavy atom. The second kappa shape index (κ2) is 3.91. The molecule has 4 nitrogen and oxygen atoms in total. The van der Waals surface area contributed by atoms with Crippen LogP contribution in [0.25, 0.3) is 11.3 Å². The van der Waals surface area contributed by atoms with Gasteiger partial charge in [0.2, 0.25) is 0 Å². The van der Waals surface area contributed by atoms with Crippen LogP contribution in [0.1, 0.15) is 6.92 Å². The molecule has 0 aliphatic heterocycles. The van der Waals surface area contributed by atoms with Gasteiger partial charge in [0.15, 0.2) is 0 Å². The van der Waals surface area contributed by atoms with Crippen molar-refractivity contribution in [1.82, 2.24) is 15.2 Å². The molecule has 1 heterocycles. The fourth-order valence-corrected chi connectivity index (χ4v) is 1.18. The largest absolute Gasteiger partial charge is 0.395 e. The van der Waals surface area contributed by atoms with E-state index >= 15 is 0 Å². The molecular formula is C10H10N3O. The molecule has 0 aliphatic carbocycles. The lowest BCUT2D eigenvalue weighted by Gasteiger charge is -2.04. The van der Waals surface area contributed by atoms with E-state index in [9.17, 15) is 0 Å². The van der Waals surface area contributed by atoms with Gasteiger partial charge < -0.3 is 4.84 Å². The molecule has 2 aromatic rings. The molecule has 0 aliphatic rings. The van der Waals surface area contributed by atoms with Crippen molar-refractivity contribution in [2.75, 3.05) is 6.61 Å². The third kappa shape index (κ3) is 1.59. The van der Waals surface area contributed by atoms with Gasteiger partial charge in [-0.05, 0) is 12.1 Å². The van der Waals surface area contributed by atoms with Crippen LogP contribution >= 0.6 is 0 Å². The van der Waals surface area contributed by atoms with Crippen LogP contribution in [0.5, 0.6) is 0 Å². The maximum atomic E-state index is 5.24. The summed E-state index contributed by atoms with van der Waals surface area (Å²) in [4.78, 5) is 6.63. The Labute approximate surface area is 82.1 Å². The zero-order chi connectivity index (χ0) is 9.80. The van der Waals surface area contributed by atoms with Crippen molar-refractivity contribution >= 4 is 0 Å². The molecule has 1 radical (unpaired) electrons. The lowest BCUT2D eigenvalue weighted by atomic mass is 10.2. The molecule has 0 saturated heterocycles. The van der Waals surface area contributed by atoms with E-state index in [1.54, 1.807) is 0 Å². The van der Waals surface area contributed by atoms with Gasteiger partial charge in [-0.1, -0.05) is 35.2 Å². The number of nitrogens with zero attached hydrogens (tertiary/aromatic N) is 3. The minimum absolute atomic E-state index is 0.553. The molecule has 0 spiro atoms. The van der Waals surface area contributed by atoms with Crippen LogP contribution in [0, 0.1) is 6.20 Å². The highest BCUT2D eigenvalue weighted by atomic mass is 16.7. The van der Waals surface area contributed by atoms with Crippen molar-refractivity contribution in [3.05, 3.63) is 36.5 Å². The molecule has 0 N–H and O–H groups in total. The Hall–Kier alpha value is -1.84. The Bertz CT molecular complexity index is 397. The zero-order valence-electron chi connectivity index (χ0n) is 7.84. The highest BCUT2D eigenvalue weighted by Crippen LogP contribution is 2.15.